The van der Waals surface area contributed by atoms with Gasteiger partial charge in [0, 0.05) is 26.1 Å². The first-order valence-electron chi connectivity index (χ1n) is 5.53. The molecule has 2 N–H and O–H groups in total. The molecule has 100 valence electrons. The van der Waals surface area contributed by atoms with E-state index in [9.17, 15) is 23.4 Å². The lowest BCUT2D eigenvalue weighted by Gasteiger charge is -2.33. The highest BCUT2D eigenvalue weighted by Gasteiger charge is 2.36. The molecule has 6 heteroatoms. The lowest BCUT2D eigenvalue weighted by molar-refractivity contribution is -0.138. The fourth-order valence-corrected chi connectivity index (χ4v) is 2.04. The molecule has 0 aromatic heterocycles. The molecule has 0 spiro atoms. The van der Waals surface area contributed by atoms with Crippen LogP contribution in [0, 0.1) is 0 Å². The van der Waals surface area contributed by atoms with Crippen molar-refractivity contribution in [1.29, 1.82) is 0 Å². The predicted octanol–water partition coefficient (Wildman–Crippen LogP) is 2.41. The van der Waals surface area contributed by atoms with Crippen molar-refractivity contribution in [2.24, 2.45) is 0 Å². The number of hydrogen-bond acceptors (Lipinski definition) is 3. The molecule has 2 rings (SSSR count). The number of phenolic OH excluding ortho intramolecular Hbond substituents is 1. The zero-order valence-electron chi connectivity index (χ0n) is 9.50. The van der Waals surface area contributed by atoms with E-state index in [0.29, 0.717) is 6.07 Å². The van der Waals surface area contributed by atoms with Crippen LogP contribution in [0.15, 0.2) is 18.2 Å². The molecule has 0 aliphatic carbocycles. The quantitative estimate of drug-likeness (QED) is 0.817. The minimum Gasteiger partial charge on any atom is -0.508 e. The summed E-state index contributed by atoms with van der Waals surface area (Å²) in [5.41, 5.74) is -2.24. The van der Waals surface area contributed by atoms with Gasteiger partial charge in [-0.2, -0.15) is 13.2 Å². The summed E-state index contributed by atoms with van der Waals surface area (Å²) >= 11 is 0. The summed E-state index contributed by atoms with van der Waals surface area (Å²) in [5.74, 6) is -0.500. The van der Waals surface area contributed by atoms with Gasteiger partial charge in [-0.15, -0.1) is 0 Å². The van der Waals surface area contributed by atoms with Crippen LogP contribution < -0.4 is 0 Å². The molecule has 0 saturated carbocycles. The van der Waals surface area contributed by atoms with Crippen LogP contribution in [0.5, 0.6) is 5.75 Å². The summed E-state index contributed by atoms with van der Waals surface area (Å²) in [6.45, 7) is 0.570. The number of halogens is 3. The fourth-order valence-electron chi connectivity index (χ4n) is 2.04. The van der Waals surface area contributed by atoms with Crippen LogP contribution >= 0.6 is 0 Å². The Morgan fingerprint density at radius 2 is 1.72 bits per heavy atom. The predicted molar refractivity (Wildman–Crippen MR) is 57.1 cm³/mol. The number of phenols is 1. The van der Waals surface area contributed by atoms with Gasteiger partial charge in [0.15, 0.2) is 0 Å². The van der Waals surface area contributed by atoms with Gasteiger partial charge in [-0.1, -0.05) is 0 Å². The molecule has 1 heterocycles. The minimum atomic E-state index is -4.55. The molecule has 0 atom stereocenters. The van der Waals surface area contributed by atoms with E-state index < -0.39 is 23.1 Å². The van der Waals surface area contributed by atoms with E-state index in [4.69, 9.17) is 4.74 Å². The third kappa shape index (κ3) is 2.59. The van der Waals surface area contributed by atoms with Crippen LogP contribution in [0.1, 0.15) is 24.0 Å². The molecule has 0 unspecified atom stereocenters. The van der Waals surface area contributed by atoms with Crippen molar-refractivity contribution in [3.05, 3.63) is 29.3 Å². The molecular formula is C12H13F3O3. The summed E-state index contributed by atoms with van der Waals surface area (Å²) in [7, 11) is 0. The zero-order valence-corrected chi connectivity index (χ0v) is 9.50. The highest BCUT2D eigenvalue weighted by Crippen LogP contribution is 2.38. The summed E-state index contributed by atoms with van der Waals surface area (Å²) in [4.78, 5) is 0. The van der Waals surface area contributed by atoms with E-state index in [1.54, 1.807) is 0 Å². The van der Waals surface area contributed by atoms with E-state index >= 15 is 0 Å². The zero-order chi connectivity index (χ0) is 13.4. The van der Waals surface area contributed by atoms with Crippen LogP contribution in [0.25, 0.3) is 0 Å². The number of aliphatic hydroxyl groups is 1. The van der Waals surface area contributed by atoms with E-state index in [2.05, 4.69) is 0 Å². The number of alkyl halides is 3. The molecule has 0 amide bonds. The number of aromatic hydroxyl groups is 1. The maximum Gasteiger partial charge on any atom is 0.416 e. The SMILES string of the molecule is Oc1cc(C(F)(F)F)cc(C2(O)CCOCC2)c1. The molecule has 1 aliphatic heterocycles. The summed E-state index contributed by atoms with van der Waals surface area (Å²) in [6.07, 6.45) is -4.11. The van der Waals surface area contributed by atoms with Crippen LogP contribution in [0.4, 0.5) is 13.2 Å². The van der Waals surface area contributed by atoms with Crippen LogP contribution in [-0.4, -0.2) is 23.4 Å². The normalized spacial score (nSPS) is 19.8. The Hall–Kier alpha value is -1.27. The van der Waals surface area contributed by atoms with Gasteiger partial charge >= 0.3 is 6.18 Å². The number of benzene rings is 1. The topological polar surface area (TPSA) is 49.7 Å². The highest BCUT2D eigenvalue weighted by atomic mass is 19.4. The van der Waals surface area contributed by atoms with Gasteiger partial charge in [-0.05, 0) is 23.8 Å². The summed E-state index contributed by atoms with van der Waals surface area (Å²) in [5, 5.41) is 19.7. The number of hydrogen-bond donors (Lipinski definition) is 2. The van der Waals surface area contributed by atoms with Crippen LogP contribution in [0.2, 0.25) is 0 Å². The number of rotatable bonds is 1. The average molecular weight is 262 g/mol. The molecule has 3 nitrogen and oxygen atoms in total. The van der Waals surface area contributed by atoms with E-state index in [1.165, 1.54) is 6.07 Å². The van der Waals surface area contributed by atoms with Crippen molar-refractivity contribution in [3.8, 4) is 5.75 Å². The Morgan fingerprint density at radius 3 is 2.28 bits per heavy atom. The van der Waals surface area contributed by atoms with Gasteiger partial charge in [0.1, 0.15) is 5.75 Å². The van der Waals surface area contributed by atoms with Gasteiger partial charge in [-0.25, -0.2) is 0 Å². The van der Waals surface area contributed by atoms with Gasteiger partial charge in [0.2, 0.25) is 0 Å². The van der Waals surface area contributed by atoms with Gasteiger partial charge < -0.3 is 14.9 Å². The third-order valence-corrected chi connectivity index (χ3v) is 3.10. The maximum absolute atomic E-state index is 12.6. The third-order valence-electron chi connectivity index (χ3n) is 3.10. The molecule has 0 radical (unpaired) electrons. The molecule has 0 bridgehead atoms. The average Bonchev–Trinajstić information content (AvgIpc) is 2.28. The number of ether oxygens (including phenoxy) is 1. The fraction of sp³-hybridized carbons (Fsp3) is 0.500. The molecule has 1 aliphatic rings. The van der Waals surface area contributed by atoms with Crippen molar-refractivity contribution in [2.45, 2.75) is 24.6 Å². The van der Waals surface area contributed by atoms with Crippen molar-refractivity contribution in [1.82, 2.24) is 0 Å². The van der Waals surface area contributed by atoms with Gasteiger partial charge in [0.05, 0.1) is 11.2 Å². The Kier molecular flexibility index (Phi) is 3.25. The second-order valence-electron chi connectivity index (χ2n) is 4.41. The molecular weight excluding hydrogens is 249 g/mol. The minimum absolute atomic E-state index is 0.0816. The molecule has 1 fully saturated rings. The van der Waals surface area contributed by atoms with Crippen molar-refractivity contribution < 1.29 is 28.1 Å². The van der Waals surface area contributed by atoms with E-state index in [-0.39, 0.29) is 31.6 Å². The highest BCUT2D eigenvalue weighted by molar-refractivity contribution is 5.38. The Labute approximate surface area is 102 Å². The molecule has 1 saturated heterocycles. The van der Waals surface area contributed by atoms with Crippen molar-refractivity contribution in [2.75, 3.05) is 13.2 Å². The van der Waals surface area contributed by atoms with Crippen LogP contribution in [0.3, 0.4) is 0 Å². The second-order valence-corrected chi connectivity index (χ2v) is 4.41. The Bertz CT molecular complexity index is 437. The Morgan fingerprint density at radius 1 is 1.11 bits per heavy atom. The molecule has 18 heavy (non-hydrogen) atoms. The first-order valence-corrected chi connectivity index (χ1v) is 5.53. The van der Waals surface area contributed by atoms with Crippen LogP contribution in [-0.2, 0) is 16.5 Å². The van der Waals surface area contributed by atoms with E-state index in [1.807, 2.05) is 0 Å². The molecule has 1 aromatic carbocycles. The summed E-state index contributed by atoms with van der Waals surface area (Å²) < 4.78 is 42.9. The lowest BCUT2D eigenvalue weighted by atomic mass is 9.85. The largest absolute Gasteiger partial charge is 0.508 e. The van der Waals surface area contributed by atoms with Gasteiger partial charge in [0.25, 0.3) is 0 Å². The second kappa shape index (κ2) is 4.44. The maximum atomic E-state index is 12.6. The van der Waals surface area contributed by atoms with Crippen molar-refractivity contribution in [3.63, 3.8) is 0 Å². The van der Waals surface area contributed by atoms with Crippen molar-refractivity contribution >= 4 is 0 Å². The smallest absolute Gasteiger partial charge is 0.416 e. The molecule has 1 aromatic rings. The Balaban J connectivity index is 2.41. The first kappa shape index (κ1) is 13.2. The summed E-state index contributed by atoms with van der Waals surface area (Å²) in [6, 6.07) is 2.69. The van der Waals surface area contributed by atoms with E-state index in [0.717, 1.165) is 6.07 Å². The van der Waals surface area contributed by atoms with Gasteiger partial charge in [-0.3, -0.25) is 0 Å². The lowest BCUT2D eigenvalue weighted by Crippen LogP contribution is -2.33. The first-order chi connectivity index (χ1) is 8.31. The monoisotopic (exact) mass is 262 g/mol. The standard InChI is InChI=1S/C12H13F3O3/c13-12(14,15)9-5-8(6-10(16)7-9)11(17)1-3-18-4-2-11/h5-7,16-17H,1-4H2.